The second-order valence-electron chi connectivity index (χ2n) is 14.1. The number of rotatable bonds is 8. The predicted octanol–water partition coefficient (Wildman–Crippen LogP) is 7.70. The summed E-state index contributed by atoms with van der Waals surface area (Å²) in [5.41, 5.74) is 9.52. The highest BCUT2D eigenvalue weighted by Gasteiger charge is 2.32. The summed E-state index contributed by atoms with van der Waals surface area (Å²) in [6, 6.07) is 29.9. The molecule has 11 nitrogen and oxygen atoms in total. The summed E-state index contributed by atoms with van der Waals surface area (Å²) in [4.78, 5) is 63.1. The molecule has 8 rings (SSSR count). The molecule has 274 valence electrons. The lowest BCUT2D eigenvalue weighted by atomic mass is 9.93. The van der Waals surface area contributed by atoms with Crippen LogP contribution in [0.25, 0.3) is 0 Å². The fourth-order valence-corrected chi connectivity index (χ4v) is 7.15. The molecule has 0 fully saturated rings. The topological polar surface area (TPSA) is 132 Å². The van der Waals surface area contributed by atoms with E-state index in [9.17, 15) is 14.4 Å². The van der Waals surface area contributed by atoms with Crippen LogP contribution < -0.4 is 20.4 Å². The smallest absolute Gasteiger partial charge is 0.326 e. The number of aryl methyl sites for hydroxylation is 1. The SMILES string of the molecule is CC1=NC=C(Nc2ncc3c(n2)N(C)C(=O)N(c2cc(NC(=O)c4ccc5c(c4)CC(=O)[C@H](Cc4ccccc4)N=C5c4ccccc4)ccc2C)C3)CC1. The zero-order valence-electron chi connectivity index (χ0n) is 30.9. The van der Waals surface area contributed by atoms with E-state index in [1.807, 2.05) is 92.7 Å². The summed E-state index contributed by atoms with van der Waals surface area (Å²) in [5.74, 6) is 0.610. The molecule has 3 amide bonds. The van der Waals surface area contributed by atoms with Gasteiger partial charge in [-0.1, -0.05) is 72.8 Å². The summed E-state index contributed by atoms with van der Waals surface area (Å²) in [6.45, 7) is 4.19. The zero-order chi connectivity index (χ0) is 38.1. The van der Waals surface area contributed by atoms with Crippen LogP contribution >= 0.6 is 0 Å². The van der Waals surface area contributed by atoms with Gasteiger partial charge in [-0.15, -0.1) is 0 Å². The number of benzene rings is 4. The first-order valence-electron chi connectivity index (χ1n) is 18.4. The van der Waals surface area contributed by atoms with E-state index in [-0.39, 0.29) is 30.7 Å². The van der Waals surface area contributed by atoms with Crippen LogP contribution in [0.2, 0.25) is 0 Å². The molecule has 0 aliphatic carbocycles. The molecule has 5 aromatic rings. The number of Topliss-reactive ketones (excluding diaryl/α,β-unsaturated/α-hetero) is 1. The molecule has 0 saturated heterocycles. The van der Waals surface area contributed by atoms with E-state index in [1.165, 1.54) is 4.90 Å². The summed E-state index contributed by atoms with van der Waals surface area (Å²) >= 11 is 0. The minimum absolute atomic E-state index is 0.00110. The number of allylic oxidation sites excluding steroid dienone is 1. The molecule has 1 atom stereocenters. The van der Waals surface area contributed by atoms with Crippen molar-refractivity contribution >= 4 is 52.3 Å². The number of carbonyl (C=O) groups is 3. The number of amides is 3. The van der Waals surface area contributed by atoms with E-state index >= 15 is 0 Å². The molecular weight excluding hydrogens is 689 g/mol. The normalized spacial score (nSPS) is 16.6. The molecule has 4 aromatic carbocycles. The monoisotopic (exact) mass is 728 g/mol. The Hall–Kier alpha value is -6.75. The van der Waals surface area contributed by atoms with Gasteiger partial charge in [0.1, 0.15) is 11.9 Å². The largest absolute Gasteiger partial charge is 0.330 e. The van der Waals surface area contributed by atoms with Crippen molar-refractivity contribution in [3.8, 4) is 0 Å². The average Bonchev–Trinajstić information content (AvgIpc) is 3.34. The molecule has 0 bridgehead atoms. The van der Waals surface area contributed by atoms with Gasteiger partial charge in [-0.2, -0.15) is 4.98 Å². The van der Waals surface area contributed by atoms with Gasteiger partial charge in [-0.25, -0.2) is 9.78 Å². The van der Waals surface area contributed by atoms with Gasteiger partial charge in [-0.3, -0.25) is 29.4 Å². The number of aliphatic imine (C=N–C) groups is 2. The molecule has 1 aromatic heterocycles. The average molecular weight is 729 g/mol. The quantitative estimate of drug-likeness (QED) is 0.168. The lowest BCUT2D eigenvalue weighted by Gasteiger charge is -2.35. The standard InChI is InChI=1S/C44H40N8O3/c1-27-14-17-34(23-38(27)52-26-33-24-46-43(50-41(33)51(3)44(52)55)48-35-18-15-28(2)45-25-35)47-42(54)31-16-19-36-32(21-31)22-39(53)37(20-29-10-6-4-7-11-29)49-40(36)30-12-8-5-9-13-30/h4-14,16-17,19,21,23-25,37H,15,18,20,22,26H2,1-3H3,(H,47,54)(H,46,48,50)/t37-/m0/s1. The van der Waals surface area contributed by atoms with Crippen molar-refractivity contribution in [1.82, 2.24) is 9.97 Å². The molecule has 2 N–H and O–H groups in total. The molecule has 0 radical (unpaired) electrons. The Morgan fingerprint density at radius 2 is 1.67 bits per heavy atom. The molecule has 3 aliphatic rings. The van der Waals surface area contributed by atoms with Crippen LogP contribution in [0.1, 0.15) is 63.5 Å². The first kappa shape index (κ1) is 35.3. The van der Waals surface area contributed by atoms with Crippen molar-refractivity contribution in [2.24, 2.45) is 9.98 Å². The Labute approximate surface area is 319 Å². The van der Waals surface area contributed by atoms with Gasteiger partial charge in [0.05, 0.1) is 17.9 Å². The molecule has 55 heavy (non-hydrogen) atoms. The van der Waals surface area contributed by atoms with Crippen LogP contribution in [-0.2, 0) is 24.2 Å². The van der Waals surface area contributed by atoms with E-state index in [0.29, 0.717) is 35.1 Å². The molecule has 0 unspecified atom stereocenters. The maximum absolute atomic E-state index is 13.8. The van der Waals surface area contributed by atoms with Crippen molar-refractivity contribution in [3.05, 3.63) is 154 Å². The Kier molecular flexibility index (Phi) is 9.59. The van der Waals surface area contributed by atoms with E-state index < -0.39 is 6.04 Å². The van der Waals surface area contributed by atoms with Gasteiger partial charge in [0.15, 0.2) is 5.78 Å². The second-order valence-corrected chi connectivity index (χ2v) is 14.1. The number of aromatic nitrogens is 2. The first-order chi connectivity index (χ1) is 26.7. The van der Waals surface area contributed by atoms with Crippen LogP contribution in [0, 0.1) is 6.92 Å². The van der Waals surface area contributed by atoms with Crippen LogP contribution in [0.4, 0.5) is 27.9 Å². The van der Waals surface area contributed by atoms with Gasteiger partial charge in [-0.05, 0) is 67.6 Å². The fourth-order valence-electron chi connectivity index (χ4n) is 7.15. The molecule has 3 aliphatic heterocycles. The van der Waals surface area contributed by atoms with Gasteiger partial charge in [0.2, 0.25) is 5.95 Å². The van der Waals surface area contributed by atoms with Crippen molar-refractivity contribution < 1.29 is 14.4 Å². The number of hydrogen-bond donors (Lipinski definition) is 2. The molecule has 0 spiro atoms. The maximum Gasteiger partial charge on any atom is 0.330 e. The van der Waals surface area contributed by atoms with Crippen LogP contribution in [-0.4, -0.2) is 52.2 Å². The third-order valence-electron chi connectivity index (χ3n) is 10.2. The second kappa shape index (κ2) is 14.9. The number of nitrogens with zero attached hydrogens (tertiary/aromatic N) is 6. The van der Waals surface area contributed by atoms with Crippen LogP contribution in [0.15, 0.2) is 125 Å². The molecule has 11 heteroatoms. The molecule has 0 saturated carbocycles. The Bertz CT molecular complexity index is 2420. The number of nitrogens with one attached hydrogen (secondary N) is 2. The molecule has 4 heterocycles. The van der Waals surface area contributed by atoms with Crippen molar-refractivity contribution in [2.45, 2.75) is 52.1 Å². The van der Waals surface area contributed by atoms with Gasteiger partial charge >= 0.3 is 6.03 Å². The summed E-state index contributed by atoms with van der Waals surface area (Å²) in [5, 5.41) is 6.26. The maximum atomic E-state index is 13.8. The fraction of sp³-hybridized carbons (Fsp3) is 0.205. The lowest BCUT2D eigenvalue weighted by molar-refractivity contribution is -0.119. The third kappa shape index (κ3) is 7.41. The third-order valence-corrected chi connectivity index (χ3v) is 10.2. The minimum atomic E-state index is -0.555. The number of urea groups is 1. The first-order valence-corrected chi connectivity index (χ1v) is 18.4. The highest BCUT2D eigenvalue weighted by Crippen LogP contribution is 2.34. The highest BCUT2D eigenvalue weighted by molar-refractivity contribution is 6.17. The number of carbonyl (C=O) groups excluding carboxylic acids is 3. The van der Waals surface area contributed by atoms with Crippen LogP contribution in [0.3, 0.4) is 0 Å². The molecular formula is C44H40N8O3. The Morgan fingerprint density at radius 3 is 2.44 bits per heavy atom. The number of anilines is 4. The van der Waals surface area contributed by atoms with Crippen molar-refractivity contribution in [3.63, 3.8) is 0 Å². The Morgan fingerprint density at radius 1 is 0.891 bits per heavy atom. The Balaban J connectivity index is 1.02. The predicted molar refractivity (Wildman–Crippen MR) is 216 cm³/mol. The number of ketones is 1. The van der Waals surface area contributed by atoms with Gasteiger partial charge in [0.25, 0.3) is 5.91 Å². The van der Waals surface area contributed by atoms with Gasteiger partial charge < -0.3 is 10.6 Å². The zero-order valence-corrected chi connectivity index (χ0v) is 30.9. The number of hydrogen-bond acceptors (Lipinski definition) is 8. The van der Waals surface area contributed by atoms with Crippen molar-refractivity contribution in [1.29, 1.82) is 0 Å². The summed E-state index contributed by atoms with van der Waals surface area (Å²) < 4.78 is 0. The minimum Gasteiger partial charge on any atom is -0.326 e. The van der Waals surface area contributed by atoms with Crippen LogP contribution in [0.5, 0.6) is 0 Å². The van der Waals surface area contributed by atoms with E-state index in [2.05, 4.69) is 25.6 Å². The number of fused-ring (bicyclic) bond motifs is 2. The van der Waals surface area contributed by atoms with E-state index in [1.54, 1.807) is 42.5 Å². The van der Waals surface area contributed by atoms with E-state index in [0.717, 1.165) is 63.3 Å². The van der Waals surface area contributed by atoms with Crippen molar-refractivity contribution in [2.75, 3.05) is 27.5 Å². The van der Waals surface area contributed by atoms with Gasteiger partial charge in [0, 0.05) is 71.6 Å². The van der Waals surface area contributed by atoms with E-state index in [4.69, 9.17) is 4.99 Å². The highest BCUT2D eigenvalue weighted by atomic mass is 16.2. The summed E-state index contributed by atoms with van der Waals surface area (Å²) in [6.07, 6.45) is 5.86. The lowest BCUT2D eigenvalue weighted by Crippen LogP contribution is -2.46. The summed E-state index contributed by atoms with van der Waals surface area (Å²) in [7, 11) is 1.69.